The number of hydrogen-bond acceptors (Lipinski definition) is 1. The lowest BCUT2D eigenvalue weighted by Gasteiger charge is -2.38. The first kappa shape index (κ1) is 10.8. The highest BCUT2D eigenvalue weighted by Crippen LogP contribution is 2.29. The van der Waals surface area contributed by atoms with Crippen LogP contribution in [0.3, 0.4) is 0 Å². The molecule has 1 saturated heterocycles. The molecule has 0 spiro atoms. The van der Waals surface area contributed by atoms with Gasteiger partial charge in [-0.1, -0.05) is 13.3 Å². The molecule has 2 aliphatic rings. The zero-order chi connectivity index (χ0) is 10.7. The van der Waals surface area contributed by atoms with Crippen LogP contribution in [0.1, 0.15) is 45.4 Å². The van der Waals surface area contributed by atoms with E-state index in [-0.39, 0.29) is 6.03 Å². The van der Waals surface area contributed by atoms with Crippen molar-refractivity contribution in [1.82, 2.24) is 10.2 Å². The molecular formula is C12H22N2O. The van der Waals surface area contributed by atoms with E-state index < -0.39 is 0 Å². The molecule has 2 fully saturated rings. The first-order valence-corrected chi connectivity index (χ1v) is 6.35. The van der Waals surface area contributed by atoms with Gasteiger partial charge in [-0.2, -0.15) is 0 Å². The maximum Gasteiger partial charge on any atom is 0.317 e. The predicted molar refractivity (Wildman–Crippen MR) is 60.8 cm³/mol. The Kier molecular flexibility index (Phi) is 3.49. The Hall–Kier alpha value is -0.730. The normalized spacial score (nSPS) is 32.6. The number of carbonyl (C=O) groups is 1. The van der Waals surface area contributed by atoms with Crippen molar-refractivity contribution in [1.29, 1.82) is 0 Å². The van der Waals surface area contributed by atoms with Crippen LogP contribution in [0.2, 0.25) is 0 Å². The molecule has 0 atom stereocenters. The van der Waals surface area contributed by atoms with E-state index in [1.54, 1.807) is 0 Å². The minimum absolute atomic E-state index is 0.168. The van der Waals surface area contributed by atoms with E-state index in [9.17, 15) is 4.79 Å². The Balaban J connectivity index is 1.86. The third-order valence-corrected chi connectivity index (χ3v) is 3.95. The first-order valence-electron chi connectivity index (χ1n) is 6.35. The fourth-order valence-electron chi connectivity index (χ4n) is 2.86. The van der Waals surface area contributed by atoms with Crippen LogP contribution in [0, 0.1) is 5.92 Å². The molecule has 0 bridgehead atoms. The van der Waals surface area contributed by atoms with Gasteiger partial charge in [-0.05, 0) is 38.0 Å². The molecule has 3 heteroatoms. The van der Waals surface area contributed by atoms with Gasteiger partial charge in [-0.3, -0.25) is 0 Å². The quantitative estimate of drug-likeness (QED) is 0.745. The van der Waals surface area contributed by atoms with E-state index >= 15 is 0 Å². The molecule has 0 aromatic heterocycles. The van der Waals surface area contributed by atoms with E-state index in [4.69, 9.17) is 0 Å². The van der Waals surface area contributed by atoms with Gasteiger partial charge in [0.2, 0.25) is 0 Å². The number of carbonyl (C=O) groups excluding carboxylic acids is 1. The third kappa shape index (κ3) is 2.44. The Labute approximate surface area is 92.2 Å². The van der Waals surface area contributed by atoms with Gasteiger partial charge in [0.05, 0.1) is 0 Å². The molecule has 15 heavy (non-hydrogen) atoms. The molecule has 0 radical (unpaired) electrons. The van der Waals surface area contributed by atoms with E-state index in [0.717, 1.165) is 25.4 Å². The lowest BCUT2D eigenvalue weighted by molar-refractivity contribution is 0.131. The van der Waals surface area contributed by atoms with E-state index in [1.165, 1.54) is 32.1 Å². The summed E-state index contributed by atoms with van der Waals surface area (Å²) in [5.74, 6) is 0.911. The first-order chi connectivity index (χ1) is 7.31. The van der Waals surface area contributed by atoms with Gasteiger partial charge >= 0.3 is 6.03 Å². The zero-order valence-corrected chi connectivity index (χ0v) is 9.67. The maximum atomic E-state index is 11.7. The van der Waals surface area contributed by atoms with Crippen molar-refractivity contribution in [3.63, 3.8) is 0 Å². The molecule has 3 nitrogen and oxygen atoms in total. The Morgan fingerprint density at radius 3 is 2.67 bits per heavy atom. The van der Waals surface area contributed by atoms with Crippen LogP contribution in [0.25, 0.3) is 0 Å². The van der Waals surface area contributed by atoms with Crippen molar-refractivity contribution in [3.05, 3.63) is 0 Å². The molecular weight excluding hydrogens is 188 g/mol. The number of urea groups is 1. The smallest absolute Gasteiger partial charge is 0.317 e. The topological polar surface area (TPSA) is 32.3 Å². The highest BCUT2D eigenvalue weighted by molar-refractivity contribution is 5.75. The van der Waals surface area contributed by atoms with Gasteiger partial charge in [0.25, 0.3) is 0 Å². The monoisotopic (exact) mass is 210 g/mol. The minimum Gasteiger partial charge on any atom is -0.338 e. The summed E-state index contributed by atoms with van der Waals surface area (Å²) in [7, 11) is 0. The second kappa shape index (κ2) is 4.86. The van der Waals surface area contributed by atoms with Gasteiger partial charge in [-0.25, -0.2) is 4.79 Å². The molecule has 1 saturated carbocycles. The second-order valence-corrected chi connectivity index (χ2v) is 4.86. The summed E-state index contributed by atoms with van der Waals surface area (Å²) in [5, 5.41) is 2.94. The van der Waals surface area contributed by atoms with Crippen LogP contribution in [0.15, 0.2) is 0 Å². The number of rotatable bonds is 2. The standard InChI is InChI=1S/C12H22N2O/c1-2-10-4-6-11(7-5-10)14-9-3-8-13-12(14)15/h10-11H,2-9H2,1H3,(H,13,15). The van der Waals surface area contributed by atoms with Crippen molar-refractivity contribution in [2.24, 2.45) is 5.92 Å². The van der Waals surface area contributed by atoms with Crippen LogP contribution in [-0.4, -0.2) is 30.1 Å². The molecule has 0 unspecified atom stereocenters. The van der Waals surface area contributed by atoms with Crippen molar-refractivity contribution < 1.29 is 4.79 Å². The molecule has 2 amide bonds. The SMILES string of the molecule is CCC1CCC(N2CCCNC2=O)CC1. The number of hydrogen-bond donors (Lipinski definition) is 1. The highest BCUT2D eigenvalue weighted by Gasteiger charge is 2.29. The fourth-order valence-corrected chi connectivity index (χ4v) is 2.86. The molecule has 0 aromatic carbocycles. The van der Waals surface area contributed by atoms with Crippen LogP contribution >= 0.6 is 0 Å². The van der Waals surface area contributed by atoms with Gasteiger partial charge in [0.15, 0.2) is 0 Å². The van der Waals surface area contributed by atoms with Gasteiger partial charge in [0.1, 0.15) is 0 Å². The molecule has 2 rings (SSSR count). The van der Waals surface area contributed by atoms with Gasteiger partial charge in [0, 0.05) is 19.1 Å². The Morgan fingerprint density at radius 2 is 2.07 bits per heavy atom. The van der Waals surface area contributed by atoms with Gasteiger partial charge < -0.3 is 10.2 Å². The number of amides is 2. The van der Waals surface area contributed by atoms with Crippen molar-refractivity contribution in [2.45, 2.75) is 51.5 Å². The molecule has 86 valence electrons. The maximum absolute atomic E-state index is 11.7. The summed E-state index contributed by atoms with van der Waals surface area (Å²) in [5.41, 5.74) is 0. The van der Waals surface area contributed by atoms with Crippen molar-refractivity contribution in [2.75, 3.05) is 13.1 Å². The molecule has 1 N–H and O–H groups in total. The summed E-state index contributed by atoms with van der Waals surface area (Å²) in [6, 6.07) is 0.689. The third-order valence-electron chi connectivity index (χ3n) is 3.95. The van der Waals surface area contributed by atoms with Crippen LogP contribution in [0.4, 0.5) is 4.79 Å². The van der Waals surface area contributed by atoms with Crippen LogP contribution in [-0.2, 0) is 0 Å². The largest absolute Gasteiger partial charge is 0.338 e. The number of nitrogens with one attached hydrogen (secondary N) is 1. The number of nitrogens with zero attached hydrogens (tertiary/aromatic N) is 1. The average Bonchev–Trinajstić information content (AvgIpc) is 2.30. The van der Waals surface area contributed by atoms with Crippen LogP contribution < -0.4 is 5.32 Å². The van der Waals surface area contributed by atoms with E-state index in [2.05, 4.69) is 17.1 Å². The summed E-state index contributed by atoms with van der Waals surface area (Å²) in [4.78, 5) is 13.7. The molecule has 1 aliphatic carbocycles. The lowest BCUT2D eigenvalue weighted by Crippen LogP contribution is -2.52. The lowest BCUT2D eigenvalue weighted by atomic mass is 9.84. The summed E-state index contributed by atoms with van der Waals surface area (Å²) in [6.45, 7) is 4.10. The molecule has 1 heterocycles. The minimum atomic E-state index is 0.168. The van der Waals surface area contributed by atoms with Crippen molar-refractivity contribution >= 4 is 6.03 Å². The average molecular weight is 210 g/mol. The Morgan fingerprint density at radius 1 is 1.33 bits per heavy atom. The zero-order valence-electron chi connectivity index (χ0n) is 9.67. The second-order valence-electron chi connectivity index (χ2n) is 4.86. The van der Waals surface area contributed by atoms with Crippen LogP contribution in [0.5, 0.6) is 0 Å². The summed E-state index contributed by atoms with van der Waals surface area (Å²) in [6.07, 6.45) is 7.46. The summed E-state index contributed by atoms with van der Waals surface area (Å²) >= 11 is 0. The fraction of sp³-hybridized carbons (Fsp3) is 0.917. The van der Waals surface area contributed by atoms with Gasteiger partial charge in [-0.15, -0.1) is 0 Å². The summed E-state index contributed by atoms with van der Waals surface area (Å²) < 4.78 is 0. The Bertz CT molecular complexity index is 222. The van der Waals surface area contributed by atoms with E-state index in [0.29, 0.717) is 6.04 Å². The van der Waals surface area contributed by atoms with Crippen molar-refractivity contribution in [3.8, 4) is 0 Å². The predicted octanol–water partition coefficient (Wildman–Crippen LogP) is 2.37. The molecule has 0 aromatic rings. The highest BCUT2D eigenvalue weighted by atomic mass is 16.2. The molecule has 1 aliphatic heterocycles. The van der Waals surface area contributed by atoms with E-state index in [1.807, 2.05) is 0 Å².